The molecule has 3 N–H and O–H groups in total. The zero-order valence-electron chi connectivity index (χ0n) is 13.9. The Hall–Kier alpha value is -1.39. The lowest BCUT2D eigenvalue weighted by atomic mass is 10.1. The van der Waals surface area contributed by atoms with Gasteiger partial charge < -0.3 is 15.7 Å². The van der Waals surface area contributed by atoms with Crippen molar-refractivity contribution in [3.8, 4) is 0 Å². The highest BCUT2D eigenvalue weighted by molar-refractivity contribution is 5.76. The Morgan fingerprint density at radius 2 is 1.82 bits per heavy atom. The number of carbonyl (C=O) groups excluding carboxylic acids is 1. The summed E-state index contributed by atoms with van der Waals surface area (Å²) in [6, 6.07) is 7.80. The van der Waals surface area contributed by atoms with Crippen LogP contribution in [0.15, 0.2) is 24.3 Å². The molecule has 0 spiro atoms. The van der Waals surface area contributed by atoms with Crippen molar-refractivity contribution in [1.29, 1.82) is 0 Å². The molecule has 1 amide bonds. The highest BCUT2D eigenvalue weighted by Crippen LogP contribution is 2.16. The second kappa shape index (κ2) is 10.4. The Morgan fingerprint density at radius 3 is 2.41 bits per heavy atom. The van der Waals surface area contributed by atoms with Gasteiger partial charge in [-0.3, -0.25) is 4.79 Å². The van der Waals surface area contributed by atoms with E-state index in [1.165, 1.54) is 0 Å². The van der Waals surface area contributed by atoms with Gasteiger partial charge in [0.2, 0.25) is 5.91 Å². The molecule has 0 aliphatic rings. The molecule has 1 aromatic rings. The number of unbranched alkanes of at least 4 members (excludes halogenated alkanes) is 3. The lowest BCUT2D eigenvalue weighted by Crippen LogP contribution is -2.34. The van der Waals surface area contributed by atoms with E-state index in [0.717, 1.165) is 43.4 Å². The van der Waals surface area contributed by atoms with E-state index >= 15 is 0 Å². The number of benzene rings is 1. The van der Waals surface area contributed by atoms with Gasteiger partial charge in [-0.2, -0.15) is 0 Å². The summed E-state index contributed by atoms with van der Waals surface area (Å²) in [6.45, 7) is 5.68. The number of aliphatic hydroxyl groups is 1. The van der Waals surface area contributed by atoms with Crippen LogP contribution in [-0.4, -0.2) is 35.5 Å². The van der Waals surface area contributed by atoms with Gasteiger partial charge in [0, 0.05) is 13.0 Å². The smallest absolute Gasteiger partial charge is 0.222 e. The van der Waals surface area contributed by atoms with Gasteiger partial charge in [-0.25, -0.2) is 0 Å². The van der Waals surface area contributed by atoms with Crippen molar-refractivity contribution in [3.63, 3.8) is 0 Å². The number of rotatable bonds is 10. The summed E-state index contributed by atoms with van der Waals surface area (Å²) in [5, 5.41) is 10.3. The zero-order chi connectivity index (χ0) is 16.4. The summed E-state index contributed by atoms with van der Waals surface area (Å²) < 4.78 is 0. The molecule has 4 heteroatoms. The van der Waals surface area contributed by atoms with E-state index in [-0.39, 0.29) is 5.91 Å². The number of carbonyl (C=O) groups is 1. The minimum atomic E-state index is -0.623. The minimum absolute atomic E-state index is 0.126. The molecule has 1 unspecified atom stereocenters. The first-order chi connectivity index (χ1) is 10.6. The first-order valence-electron chi connectivity index (χ1n) is 8.31. The zero-order valence-corrected chi connectivity index (χ0v) is 13.9. The van der Waals surface area contributed by atoms with Crippen LogP contribution in [0.5, 0.6) is 0 Å². The van der Waals surface area contributed by atoms with Crippen LogP contribution in [0.25, 0.3) is 0 Å². The van der Waals surface area contributed by atoms with Crippen LogP contribution in [0.1, 0.15) is 56.3 Å². The minimum Gasteiger partial charge on any atom is -0.387 e. The molecule has 1 aromatic carbocycles. The van der Waals surface area contributed by atoms with Crippen LogP contribution in [-0.2, 0) is 4.79 Å². The molecule has 4 nitrogen and oxygen atoms in total. The van der Waals surface area contributed by atoms with Crippen molar-refractivity contribution >= 4 is 5.91 Å². The van der Waals surface area contributed by atoms with Crippen molar-refractivity contribution in [1.82, 2.24) is 4.90 Å². The van der Waals surface area contributed by atoms with Crippen LogP contribution in [0.3, 0.4) is 0 Å². The van der Waals surface area contributed by atoms with Gasteiger partial charge >= 0.3 is 0 Å². The largest absolute Gasteiger partial charge is 0.387 e. The number of nitrogens with zero attached hydrogens (tertiary/aromatic N) is 1. The topological polar surface area (TPSA) is 66.6 Å². The van der Waals surface area contributed by atoms with Crippen LogP contribution < -0.4 is 5.73 Å². The summed E-state index contributed by atoms with van der Waals surface area (Å²) in [5.41, 5.74) is 7.48. The lowest BCUT2D eigenvalue weighted by Gasteiger charge is -2.24. The van der Waals surface area contributed by atoms with E-state index in [1.807, 2.05) is 38.1 Å². The average Bonchev–Trinajstić information content (AvgIpc) is 2.52. The van der Waals surface area contributed by atoms with E-state index in [0.29, 0.717) is 19.5 Å². The Balaban J connectivity index is 2.42. The maximum atomic E-state index is 12.2. The number of nitrogens with two attached hydrogens (primary N) is 1. The molecule has 1 rings (SSSR count). The first-order valence-corrected chi connectivity index (χ1v) is 8.31. The molecule has 0 aliphatic carbocycles. The van der Waals surface area contributed by atoms with E-state index in [4.69, 9.17) is 5.73 Å². The molecule has 0 fully saturated rings. The Morgan fingerprint density at radius 1 is 1.18 bits per heavy atom. The van der Waals surface area contributed by atoms with Gasteiger partial charge in [-0.1, -0.05) is 42.7 Å². The summed E-state index contributed by atoms with van der Waals surface area (Å²) in [4.78, 5) is 14.0. The normalized spacial score (nSPS) is 12.2. The van der Waals surface area contributed by atoms with Gasteiger partial charge in [-0.15, -0.1) is 0 Å². The number of hydrogen-bond donors (Lipinski definition) is 2. The summed E-state index contributed by atoms with van der Waals surface area (Å²) >= 11 is 0. The van der Waals surface area contributed by atoms with Crippen molar-refractivity contribution in [2.24, 2.45) is 5.73 Å². The fraction of sp³-hybridized carbons (Fsp3) is 0.611. The second-order valence-corrected chi connectivity index (χ2v) is 5.81. The molecule has 0 aliphatic heterocycles. The Kier molecular flexibility index (Phi) is 8.78. The van der Waals surface area contributed by atoms with Crippen LogP contribution in [0.2, 0.25) is 0 Å². The molecule has 0 heterocycles. The molecule has 22 heavy (non-hydrogen) atoms. The third-order valence-electron chi connectivity index (χ3n) is 3.93. The molecule has 0 aromatic heterocycles. The Labute approximate surface area is 134 Å². The third kappa shape index (κ3) is 6.58. The van der Waals surface area contributed by atoms with E-state index in [9.17, 15) is 9.90 Å². The number of aliphatic hydroxyl groups excluding tert-OH is 1. The average molecular weight is 306 g/mol. The highest BCUT2D eigenvalue weighted by atomic mass is 16.3. The molecular formula is C18H30N2O2. The van der Waals surface area contributed by atoms with Gasteiger partial charge in [-0.05, 0) is 38.8 Å². The highest BCUT2D eigenvalue weighted by Gasteiger charge is 2.16. The van der Waals surface area contributed by atoms with Gasteiger partial charge in [0.25, 0.3) is 0 Å². The van der Waals surface area contributed by atoms with Crippen molar-refractivity contribution in [2.45, 2.75) is 52.1 Å². The number of likely N-dealkylation sites (N-methyl/N-ethyl adjacent to an activating group) is 1. The fourth-order valence-corrected chi connectivity index (χ4v) is 2.44. The van der Waals surface area contributed by atoms with Gasteiger partial charge in [0.1, 0.15) is 0 Å². The van der Waals surface area contributed by atoms with Crippen LogP contribution in [0, 0.1) is 6.92 Å². The maximum Gasteiger partial charge on any atom is 0.222 e. The van der Waals surface area contributed by atoms with Crippen molar-refractivity contribution < 1.29 is 9.90 Å². The SMILES string of the molecule is CCN(CC(O)c1ccc(C)cc1)C(=O)CCCCCCN. The lowest BCUT2D eigenvalue weighted by molar-refractivity contribution is -0.132. The molecule has 0 saturated carbocycles. The van der Waals surface area contributed by atoms with Crippen molar-refractivity contribution in [3.05, 3.63) is 35.4 Å². The van der Waals surface area contributed by atoms with E-state index in [2.05, 4.69) is 0 Å². The molecule has 0 bridgehead atoms. The number of amides is 1. The molecule has 124 valence electrons. The van der Waals surface area contributed by atoms with E-state index < -0.39 is 6.10 Å². The monoisotopic (exact) mass is 306 g/mol. The van der Waals surface area contributed by atoms with E-state index in [1.54, 1.807) is 4.90 Å². The summed E-state index contributed by atoms with van der Waals surface area (Å²) in [6.07, 6.45) is 3.98. The number of hydrogen-bond acceptors (Lipinski definition) is 3. The molecule has 0 radical (unpaired) electrons. The first kappa shape index (κ1) is 18.7. The molecular weight excluding hydrogens is 276 g/mol. The Bertz CT molecular complexity index is 431. The van der Waals surface area contributed by atoms with Crippen LogP contribution >= 0.6 is 0 Å². The number of aryl methyl sites for hydroxylation is 1. The summed E-state index contributed by atoms with van der Waals surface area (Å²) in [7, 11) is 0. The van der Waals surface area contributed by atoms with Crippen molar-refractivity contribution in [2.75, 3.05) is 19.6 Å². The maximum absolute atomic E-state index is 12.2. The van der Waals surface area contributed by atoms with Gasteiger partial charge in [0.05, 0.1) is 12.6 Å². The fourth-order valence-electron chi connectivity index (χ4n) is 2.44. The molecule has 0 saturated heterocycles. The quantitative estimate of drug-likeness (QED) is 0.653. The third-order valence-corrected chi connectivity index (χ3v) is 3.93. The predicted octanol–water partition coefficient (Wildman–Crippen LogP) is 2.79. The molecule has 1 atom stereocenters. The predicted molar refractivity (Wildman–Crippen MR) is 90.5 cm³/mol. The summed E-state index contributed by atoms with van der Waals surface area (Å²) in [5.74, 6) is 0.126. The van der Waals surface area contributed by atoms with Gasteiger partial charge in [0.15, 0.2) is 0 Å². The standard InChI is InChI=1S/C18H30N2O2/c1-3-20(18(22)8-6-4-5-7-13-19)14-17(21)16-11-9-15(2)10-12-16/h9-12,17,21H,3-8,13-14,19H2,1-2H3. The van der Waals surface area contributed by atoms with Crippen LogP contribution in [0.4, 0.5) is 0 Å². The second-order valence-electron chi connectivity index (χ2n) is 5.81.